The maximum atomic E-state index is 12.7. The molecule has 1 heterocycles. The summed E-state index contributed by atoms with van der Waals surface area (Å²) in [6.07, 6.45) is 5.13. The van der Waals surface area contributed by atoms with Gasteiger partial charge in [-0.15, -0.1) is 11.8 Å². The SMILES string of the molecule is COc1cc(SC)ccc1C(=O)OCC(=O)N1C[C@]2(C)C[C@H]1CC(C)(C)C2. The van der Waals surface area contributed by atoms with Crippen molar-refractivity contribution in [2.24, 2.45) is 10.8 Å². The van der Waals surface area contributed by atoms with Crippen molar-refractivity contribution in [2.45, 2.75) is 51.0 Å². The monoisotopic (exact) mass is 391 g/mol. The second-order valence-electron chi connectivity index (χ2n) is 8.88. The van der Waals surface area contributed by atoms with E-state index >= 15 is 0 Å². The molecule has 1 amide bonds. The fourth-order valence-electron chi connectivity index (χ4n) is 5.01. The fraction of sp³-hybridized carbons (Fsp3) is 0.619. The molecule has 0 N–H and O–H groups in total. The minimum atomic E-state index is -0.526. The van der Waals surface area contributed by atoms with Gasteiger partial charge in [0.1, 0.15) is 11.3 Å². The predicted octanol–water partition coefficient (Wildman–Crippen LogP) is 4.00. The van der Waals surface area contributed by atoms with Crippen LogP contribution in [0.1, 0.15) is 50.4 Å². The number of ether oxygens (including phenoxy) is 2. The highest BCUT2D eigenvalue weighted by Gasteiger charge is 2.50. The van der Waals surface area contributed by atoms with Crippen LogP contribution in [-0.4, -0.2) is 49.3 Å². The van der Waals surface area contributed by atoms with Crippen molar-refractivity contribution < 1.29 is 19.1 Å². The zero-order valence-electron chi connectivity index (χ0n) is 16.8. The number of hydrogen-bond acceptors (Lipinski definition) is 5. The average Bonchev–Trinajstić information content (AvgIpc) is 2.87. The molecule has 27 heavy (non-hydrogen) atoms. The van der Waals surface area contributed by atoms with Crippen LogP contribution in [0.4, 0.5) is 0 Å². The topological polar surface area (TPSA) is 55.8 Å². The maximum absolute atomic E-state index is 12.7. The Labute approximate surface area is 165 Å². The average molecular weight is 392 g/mol. The molecular weight excluding hydrogens is 362 g/mol. The third-order valence-corrected chi connectivity index (χ3v) is 6.42. The number of hydrogen-bond donors (Lipinski definition) is 0. The van der Waals surface area contributed by atoms with E-state index in [4.69, 9.17) is 9.47 Å². The van der Waals surface area contributed by atoms with Gasteiger partial charge >= 0.3 is 5.97 Å². The lowest BCUT2D eigenvalue weighted by molar-refractivity contribution is -0.135. The molecule has 1 aliphatic heterocycles. The Kier molecular flexibility index (Phi) is 5.48. The van der Waals surface area contributed by atoms with E-state index in [0.717, 1.165) is 30.7 Å². The lowest BCUT2D eigenvalue weighted by Crippen LogP contribution is -2.39. The number of nitrogens with zero attached hydrogens (tertiary/aromatic N) is 1. The van der Waals surface area contributed by atoms with Gasteiger partial charge in [-0.25, -0.2) is 4.79 Å². The zero-order valence-corrected chi connectivity index (χ0v) is 17.6. The molecule has 148 valence electrons. The Bertz CT molecular complexity index is 748. The first-order valence-corrected chi connectivity index (χ1v) is 10.6. The van der Waals surface area contributed by atoms with Crippen LogP contribution in [0.3, 0.4) is 0 Å². The molecule has 2 aliphatic rings. The number of amides is 1. The molecule has 1 saturated carbocycles. The zero-order chi connectivity index (χ0) is 19.8. The molecule has 3 rings (SSSR count). The summed E-state index contributed by atoms with van der Waals surface area (Å²) < 4.78 is 10.6. The molecule has 0 spiro atoms. The van der Waals surface area contributed by atoms with Gasteiger partial charge in [0.2, 0.25) is 0 Å². The van der Waals surface area contributed by atoms with E-state index in [9.17, 15) is 9.59 Å². The minimum absolute atomic E-state index is 0.102. The second kappa shape index (κ2) is 7.38. The summed E-state index contributed by atoms with van der Waals surface area (Å²) in [5.74, 6) is -0.165. The van der Waals surface area contributed by atoms with E-state index in [-0.39, 0.29) is 29.4 Å². The second-order valence-corrected chi connectivity index (χ2v) is 9.76. The third kappa shape index (κ3) is 4.26. The minimum Gasteiger partial charge on any atom is -0.496 e. The van der Waals surface area contributed by atoms with Gasteiger partial charge in [-0.1, -0.05) is 20.8 Å². The molecule has 0 aromatic heterocycles. The van der Waals surface area contributed by atoms with Crippen LogP contribution in [-0.2, 0) is 9.53 Å². The molecule has 1 saturated heterocycles. The van der Waals surface area contributed by atoms with Gasteiger partial charge in [-0.2, -0.15) is 0 Å². The molecule has 1 aromatic carbocycles. The predicted molar refractivity (Wildman–Crippen MR) is 106 cm³/mol. The Morgan fingerprint density at radius 1 is 1.26 bits per heavy atom. The van der Waals surface area contributed by atoms with Crippen molar-refractivity contribution >= 4 is 23.6 Å². The molecule has 6 heteroatoms. The summed E-state index contributed by atoms with van der Waals surface area (Å²) in [4.78, 5) is 28.1. The fourth-order valence-corrected chi connectivity index (χ4v) is 5.44. The molecule has 2 bridgehead atoms. The van der Waals surface area contributed by atoms with E-state index in [1.165, 1.54) is 7.11 Å². The first-order chi connectivity index (χ1) is 12.7. The van der Waals surface area contributed by atoms with Crippen molar-refractivity contribution in [3.8, 4) is 5.75 Å². The molecule has 5 nitrogen and oxygen atoms in total. The standard InChI is InChI=1S/C21H29NO4S/c1-20(2)9-14-10-21(3,12-20)13-22(14)18(23)11-26-19(24)16-7-6-15(27-5)8-17(16)25-4/h6-8,14H,9-13H2,1-5H3/t14-,21-/m1/s1. The molecule has 1 aliphatic carbocycles. The molecule has 0 unspecified atom stereocenters. The van der Waals surface area contributed by atoms with Crippen LogP contribution >= 0.6 is 11.8 Å². The van der Waals surface area contributed by atoms with Gasteiger partial charge in [0.25, 0.3) is 5.91 Å². The van der Waals surface area contributed by atoms with Crippen LogP contribution in [0.15, 0.2) is 23.1 Å². The highest BCUT2D eigenvalue weighted by atomic mass is 32.2. The van der Waals surface area contributed by atoms with Gasteiger partial charge < -0.3 is 14.4 Å². The number of methoxy groups -OCH3 is 1. The van der Waals surface area contributed by atoms with E-state index in [2.05, 4.69) is 20.8 Å². The maximum Gasteiger partial charge on any atom is 0.342 e. The van der Waals surface area contributed by atoms with Crippen molar-refractivity contribution in [3.05, 3.63) is 23.8 Å². The van der Waals surface area contributed by atoms with Crippen molar-refractivity contribution in [1.29, 1.82) is 0 Å². The summed E-state index contributed by atoms with van der Waals surface area (Å²) in [6.45, 7) is 7.34. The first kappa shape index (κ1) is 20.1. The number of likely N-dealkylation sites (tertiary alicyclic amines) is 1. The van der Waals surface area contributed by atoms with Crippen LogP contribution in [0.5, 0.6) is 5.75 Å². The number of thioether (sulfide) groups is 1. The van der Waals surface area contributed by atoms with E-state index in [1.54, 1.807) is 23.9 Å². The van der Waals surface area contributed by atoms with Crippen LogP contribution in [0.25, 0.3) is 0 Å². The Hall–Kier alpha value is -1.69. The van der Waals surface area contributed by atoms with Gasteiger partial charge in [0.05, 0.1) is 7.11 Å². The number of fused-ring (bicyclic) bond motifs is 2. The highest BCUT2D eigenvalue weighted by Crippen LogP contribution is 2.52. The summed E-state index contributed by atoms with van der Waals surface area (Å²) in [7, 11) is 1.52. The number of rotatable bonds is 5. The molecule has 2 atom stereocenters. The number of carbonyl (C=O) groups is 2. The summed E-state index contributed by atoms with van der Waals surface area (Å²) in [6, 6.07) is 5.58. The third-order valence-electron chi connectivity index (χ3n) is 5.69. The lowest BCUT2D eigenvalue weighted by atomic mass is 9.65. The number of carbonyl (C=O) groups excluding carboxylic acids is 2. The van der Waals surface area contributed by atoms with E-state index in [1.807, 2.05) is 17.2 Å². The Morgan fingerprint density at radius 2 is 2.00 bits per heavy atom. The number of esters is 1. The van der Waals surface area contributed by atoms with Crippen LogP contribution in [0.2, 0.25) is 0 Å². The van der Waals surface area contributed by atoms with Gasteiger partial charge in [-0.3, -0.25) is 4.79 Å². The Balaban J connectivity index is 1.64. The largest absolute Gasteiger partial charge is 0.496 e. The van der Waals surface area contributed by atoms with Crippen LogP contribution < -0.4 is 4.74 Å². The molecule has 1 aromatic rings. The van der Waals surface area contributed by atoms with E-state index in [0.29, 0.717) is 11.3 Å². The van der Waals surface area contributed by atoms with Gasteiger partial charge in [0.15, 0.2) is 6.61 Å². The smallest absolute Gasteiger partial charge is 0.342 e. The lowest BCUT2D eigenvalue weighted by Gasteiger charge is -2.39. The highest BCUT2D eigenvalue weighted by molar-refractivity contribution is 7.98. The number of benzene rings is 1. The van der Waals surface area contributed by atoms with E-state index < -0.39 is 5.97 Å². The van der Waals surface area contributed by atoms with Crippen molar-refractivity contribution in [3.63, 3.8) is 0 Å². The Morgan fingerprint density at radius 3 is 2.67 bits per heavy atom. The molecular formula is C21H29NO4S. The normalized spacial score (nSPS) is 26.0. The summed E-state index contributed by atoms with van der Waals surface area (Å²) >= 11 is 1.57. The van der Waals surface area contributed by atoms with Crippen LogP contribution in [0, 0.1) is 10.8 Å². The summed E-state index contributed by atoms with van der Waals surface area (Å²) in [5.41, 5.74) is 0.759. The quantitative estimate of drug-likeness (QED) is 0.561. The van der Waals surface area contributed by atoms with Crippen molar-refractivity contribution in [1.82, 2.24) is 4.90 Å². The molecule has 0 radical (unpaired) electrons. The summed E-state index contributed by atoms with van der Waals surface area (Å²) in [5, 5.41) is 0. The first-order valence-electron chi connectivity index (χ1n) is 9.35. The molecule has 2 fully saturated rings. The van der Waals surface area contributed by atoms with Gasteiger partial charge in [0, 0.05) is 17.5 Å². The van der Waals surface area contributed by atoms with Gasteiger partial charge in [-0.05, 0) is 54.5 Å². The van der Waals surface area contributed by atoms with Crippen molar-refractivity contribution in [2.75, 3.05) is 26.5 Å².